The predicted octanol–water partition coefficient (Wildman–Crippen LogP) is 6.11. The first-order chi connectivity index (χ1) is 10.3. The molecule has 2 heteroatoms. The third-order valence-corrected chi connectivity index (χ3v) is 4.57. The largest absolute Gasteiger partial charge is 0.314 e. The molecule has 0 saturated heterocycles. The Morgan fingerprint density at radius 3 is 2.14 bits per heavy atom. The number of halogens is 1. The summed E-state index contributed by atoms with van der Waals surface area (Å²) in [6.45, 7) is 5.56. The highest BCUT2D eigenvalue weighted by molar-refractivity contribution is 9.10. The Morgan fingerprint density at radius 2 is 1.52 bits per heavy atom. The highest BCUT2D eigenvalue weighted by Gasteiger charge is 2.08. The zero-order valence-corrected chi connectivity index (χ0v) is 15.4. The Bertz CT molecular complexity index is 347. The molecular formula is C19H32BrN. The van der Waals surface area contributed by atoms with Gasteiger partial charge in [-0.05, 0) is 37.1 Å². The van der Waals surface area contributed by atoms with Gasteiger partial charge in [-0.25, -0.2) is 0 Å². The molecule has 120 valence electrons. The van der Waals surface area contributed by atoms with Gasteiger partial charge in [0, 0.05) is 10.5 Å². The third-order valence-electron chi connectivity index (χ3n) is 4.04. The number of hydrogen-bond donors (Lipinski definition) is 1. The number of unbranched alkanes of at least 4 members (excludes halogenated alkanes) is 6. The molecule has 1 N–H and O–H groups in total. The van der Waals surface area contributed by atoms with E-state index in [1.807, 2.05) is 0 Å². The van der Waals surface area contributed by atoms with Crippen LogP contribution in [-0.2, 0) is 6.42 Å². The Labute approximate surface area is 140 Å². The van der Waals surface area contributed by atoms with Crippen molar-refractivity contribution >= 4 is 15.9 Å². The summed E-state index contributed by atoms with van der Waals surface area (Å²) in [5.74, 6) is 0. The second-order valence-electron chi connectivity index (χ2n) is 6.00. The molecule has 0 amide bonds. The summed E-state index contributed by atoms with van der Waals surface area (Å²) in [6, 6.07) is 9.39. The van der Waals surface area contributed by atoms with Crippen LogP contribution in [0.2, 0.25) is 0 Å². The summed E-state index contributed by atoms with van der Waals surface area (Å²) < 4.78 is 1.17. The van der Waals surface area contributed by atoms with Crippen LogP contribution in [-0.4, -0.2) is 12.6 Å². The van der Waals surface area contributed by atoms with Crippen molar-refractivity contribution in [1.29, 1.82) is 0 Å². The normalized spacial score (nSPS) is 12.5. The fourth-order valence-electron chi connectivity index (χ4n) is 2.82. The van der Waals surface area contributed by atoms with E-state index in [9.17, 15) is 0 Å². The van der Waals surface area contributed by atoms with Crippen molar-refractivity contribution in [2.24, 2.45) is 0 Å². The maximum atomic E-state index is 3.65. The van der Waals surface area contributed by atoms with Gasteiger partial charge in [-0.2, -0.15) is 0 Å². The van der Waals surface area contributed by atoms with Crippen LogP contribution in [0, 0.1) is 0 Å². The molecule has 0 radical (unpaired) electrons. The first-order valence-corrected chi connectivity index (χ1v) is 9.53. The van der Waals surface area contributed by atoms with E-state index in [2.05, 4.69) is 59.4 Å². The van der Waals surface area contributed by atoms with E-state index in [4.69, 9.17) is 0 Å². The average Bonchev–Trinajstić information content (AvgIpc) is 2.49. The van der Waals surface area contributed by atoms with E-state index in [0.29, 0.717) is 6.04 Å². The van der Waals surface area contributed by atoms with E-state index in [1.165, 1.54) is 61.4 Å². The van der Waals surface area contributed by atoms with Gasteiger partial charge in [0.1, 0.15) is 0 Å². The molecule has 1 rings (SSSR count). The SMILES string of the molecule is CCCCCCCCCC(Cc1ccc(Br)cc1)NCC. The predicted molar refractivity (Wildman–Crippen MR) is 97.9 cm³/mol. The highest BCUT2D eigenvalue weighted by atomic mass is 79.9. The van der Waals surface area contributed by atoms with Gasteiger partial charge in [0.25, 0.3) is 0 Å². The molecule has 1 aromatic rings. The zero-order chi connectivity index (χ0) is 15.3. The standard InChI is InChI=1S/C19H32BrN/c1-3-5-6-7-8-9-10-11-19(21-4-2)16-17-12-14-18(20)15-13-17/h12-15,19,21H,3-11,16H2,1-2H3. The summed E-state index contributed by atoms with van der Waals surface area (Å²) in [5, 5.41) is 3.65. The second-order valence-corrected chi connectivity index (χ2v) is 6.91. The number of likely N-dealkylation sites (N-methyl/N-ethyl adjacent to an activating group) is 1. The van der Waals surface area contributed by atoms with Crippen LogP contribution in [0.25, 0.3) is 0 Å². The van der Waals surface area contributed by atoms with E-state index < -0.39 is 0 Å². The van der Waals surface area contributed by atoms with Crippen molar-refractivity contribution in [2.75, 3.05) is 6.54 Å². The van der Waals surface area contributed by atoms with Crippen molar-refractivity contribution in [1.82, 2.24) is 5.32 Å². The minimum atomic E-state index is 0.631. The fourth-order valence-corrected chi connectivity index (χ4v) is 3.08. The van der Waals surface area contributed by atoms with Crippen molar-refractivity contribution in [2.45, 2.75) is 77.7 Å². The van der Waals surface area contributed by atoms with E-state index in [-0.39, 0.29) is 0 Å². The minimum Gasteiger partial charge on any atom is -0.314 e. The maximum Gasteiger partial charge on any atom is 0.0175 e. The first-order valence-electron chi connectivity index (χ1n) is 8.74. The van der Waals surface area contributed by atoms with Crippen molar-refractivity contribution in [3.8, 4) is 0 Å². The van der Waals surface area contributed by atoms with Gasteiger partial charge < -0.3 is 5.32 Å². The molecule has 1 nitrogen and oxygen atoms in total. The molecule has 21 heavy (non-hydrogen) atoms. The van der Waals surface area contributed by atoms with Gasteiger partial charge >= 0.3 is 0 Å². The molecule has 0 heterocycles. The minimum absolute atomic E-state index is 0.631. The summed E-state index contributed by atoms with van der Waals surface area (Å²) in [7, 11) is 0. The van der Waals surface area contributed by atoms with E-state index >= 15 is 0 Å². The van der Waals surface area contributed by atoms with Crippen LogP contribution in [0.5, 0.6) is 0 Å². The molecular weight excluding hydrogens is 322 g/mol. The fraction of sp³-hybridized carbons (Fsp3) is 0.684. The molecule has 0 aromatic heterocycles. The smallest absolute Gasteiger partial charge is 0.0175 e. The zero-order valence-electron chi connectivity index (χ0n) is 13.8. The number of rotatable bonds is 12. The lowest BCUT2D eigenvalue weighted by molar-refractivity contribution is 0.459. The van der Waals surface area contributed by atoms with Crippen LogP contribution in [0.4, 0.5) is 0 Å². The maximum absolute atomic E-state index is 3.65. The van der Waals surface area contributed by atoms with Crippen molar-refractivity contribution in [3.63, 3.8) is 0 Å². The molecule has 1 unspecified atom stereocenters. The topological polar surface area (TPSA) is 12.0 Å². The first kappa shape index (κ1) is 18.7. The molecule has 0 spiro atoms. The summed E-state index contributed by atoms with van der Waals surface area (Å²) in [4.78, 5) is 0. The molecule has 0 bridgehead atoms. The molecule has 0 saturated carbocycles. The van der Waals surface area contributed by atoms with E-state index in [1.54, 1.807) is 0 Å². The lowest BCUT2D eigenvalue weighted by Crippen LogP contribution is -2.30. The van der Waals surface area contributed by atoms with E-state index in [0.717, 1.165) is 13.0 Å². The van der Waals surface area contributed by atoms with Gasteiger partial charge in [0.15, 0.2) is 0 Å². The van der Waals surface area contributed by atoms with Gasteiger partial charge in [-0.1, -0.05) is 86.9 Å². The highest BCUT2D eigenvalue weighted by Crippen LogP contribution is 2.15. The third kappa shape index (κ3) is 9.31. The lowest BCUT2D eigenvalue weighted by atomic mass is 9.99. The molecule has 0 aliphatic rings. The summed E-state index contributed by atoms with van der Waals surface area (Å²) in [5.41, 5.74) is 1.44. The van der Waals surface area contributed by atoms with Crippen LogP contribution < -0.4 is 5.32 Å². The molecule has 0 aliphatic carbocycles. The van der Waals surface area contributed by atoms with Gasteiger partial charge in [0.2, 0.25) is 0 Å². The Morgan fingerprint density at radius 1 is 0.905 bits per heavy atom. The molecule has 0 fully saturated rings. The number of benzene rings is 1. The number of hydrogen-bond acceptors (Lipinski definition) is 1. The van der Waals surface area contributed by atoms with Gasteiger partial charge in [0.05, 0.1) is 0 Å². The summed E-state index contributed by atoms with van der Waals surface area (Å²) in [6.07, 6.45) is 12.2. The van der Waals surface area contributed by atoms with Crippen LogP contribution in [0.1, 0.15) is 70.8 Å². The number of nitrogens with one attached hydrogen (secondary N) is 1. The Kier molecular flexibility index (Phi) is 10.9. The van der Waals surface area contributed by atoms with Gasteiger partial charge in [-0.3, -0.25) is 0 Å². The quantitative estimate of drug-likeness (QED) is 0.447. The lowest BCUT2D eigenvalue weighted by Gasteiger charge is -2.18. The van der Waals surface area contributed by atoms with Gasteiger partial charge in [-0.15, -0.1) is 0 Å². The molecule has 0 aliphatic heterocycles. The monoisotopic (exact) mass is 353 g/mol. The Hall–Kier alpha value is -0.340. The van der Waals surface area contributed by atoms with Crippen LogP contribution in [0.15, 0.2) is 28.7 Å². The van der Waals surface area contributed by atoms with Crippen molar-refractivity contribution < 1.29 is 0 Å². The van der Waals surface area contributed by atoms with Crippen LogP contribution >= 0.6 is 15.9 Å². The molecule has 1 aromatic carbocycles. The molecule has 1 atom stereocenters. The average molecular weight is 354 g/mol. The van der Waals surface area contributed by atoms with Crippen LogP contribution in [0.3, 0.4) is 0 Å². The Balaban J connectivity index is 2.21. The van der Waals surface area contributed by atoms with Crippen molar-refractivity contribution in [3.05, 3.63) is 34.3 Å². The second kappa shape index (κ2) is 12.2. The summed E-state index contributed by atoms with van der Waals surface area (Å²) >= 11 is 3.50.